The molecule has 3 N–H and O–H groups in total. The third kappa shape index (κ3) is 3.72. The lowest BCUT2D eigenvalue weighted by Gasteiger charge is -2.13. The summed E-state index contributed by atoms with van der Waals surface area (Å²) in [6.07, 6.45) is 4.92. The molecule has 0 aromatic heterocycles. The predicted octanol–water partition coefficient (Wildman–Crippen LogP) is 1.88. The molecule has 0 amide bonds. The zero-order valence-corrected chi connectivity index (χ0v) is 13.7. The van der Waals surface area contributed by atoms with Gasteiger partial charge < -0.3 is 5.73 Å². The van der Waals surface area contributed by atoms with Crippen molar-refractivity contribution in [1.29, 1.82) is 0 Å². The molecule has 2 atom stereocenters. The average Bonchev–Trinajstić information content (AvgIpc) is 2.85. The molecular formula is C13H18N2O2S3. The van der Waals surface area contributed by atoms with Crippen molar-refractivity contribution in [1.82, 2.24) is 4.72 Å². The summed E-state index contributed by atoms with van der Waals surface area (Å²) in [7, 11) is -3.46. The molecule has 1 aromatic carbocycles. The minimum atomic E-state index is -3.46. The third-order valence-electron chi connectivity index (χ3n) is 3.49. The summed E-state index contributed by atoms with van der Waals surface area (Å²) in [5.74, 6) is 0. The molecule has 1 fully saturated rings. The van der Waals surface area contributed by atoms with Crippen LogP contribution in [-0.2, 0) is 10.0 Å². The molecule has 0 radical (unpaired) electrons. The first kappa shape index (κ1) is 15.8. The van der Waals surface area contributed by atoms with Crippen molar-refractivity contribution < 1.29 is 8.42 Å². The van der Waals surface area contributed by atoms with E-state index < -0.39 is 10.0 Å². The number of rotatable bonds is 5. The number of thioether (sulfide) groups is 1. The van der Waals surface area contributed by atoms with Crippen molar-refractivity contribution in [2.24, 2.45) is 5.73 Å². The van der Waals surface area contributed by atoms with E-state index in [0.29, 0.717) is 10.8 Å². The summed E-state index contributed by atoms with van der Waals surface area (Å²) in [6.45, 7) is 0. The maximum atomic E-state index is 12.3. The number of hydrogen-bond donors (Lipinski definition) is 2. The van der Waals surface area contributed by atoms with E-state index >= 15 is 0 Å². The van der Waals surface area contributed by atoms with Gasteiger partial charge in [-0.25, -0.2) is 13.1 Å². The fourth-order valence-electron chi connectivity index (χ4n) is 2.35. The van der Waals surface area contributed by atoms with E-state index in [9.17, 15) is 8.42 Å². The molecular weight excluding hydrogens is 312 g/mol. The third-order valence-corrected chi connectivity index (χ3v) is 6.36. The molecule has 0 bridgehead atoms. The van der Waals surface area contributed by atoms with Gasteiger partial charge in [-0.2, -0.15) is 11.8 Å². The fraction of sp³-hybridized carbons (Fsp3) is 0.462. The molecule has 1 aliphatic carbocycles. The van der Waals surface area contributed by atoms with E-state index in [1.165, 1.54) is 12.1 Å². The van der Waals surface area contributed by atoms with E-state index in [2.05, 4.69) is 11.0 Å². The van der Waals surface area contributed by atoms with Crippen molar-refractivity contribution in [2.45, 2.75) is 35.4 Å². The lowest BCUT2D eigenvalue weighted by molar-refractivity contribution is 0.552. The van der Waals surface area contributed by atoms with Gasteiger partial charge in [-0.05, 0) is 37.7 Å². The van der Waals surface area contributed by atoms with Gasteiger partial charge in [0, 0.05) is 16.9 Å². The van der Waals surface area contributed by atoms with Crippen LogP contribution < -0.4 is 10.5 Å². The molecule has 1 aromatic rings. The van der Waals surface area contributed by atoms with Crippen LogP contribution >= 0.6 is 24.0 Å². The first-order valence-electron chi connectivity index (χ1n) is 6.37. The quantitative estimate of drug-likeness (QED) is 0.807. The highest BCUT2D eigenvalue weighted by Gasteiger charge is 2.28. The second-order valence-electron chi connectivity index (χ2n) is 4.88. The molecule has 110 valence electrons. The second-order valence-corrected chi connectivity index (χ2v) is 8.17. The molecule has 0 saturated heterocycles. The van der Waals surface area contributed by atoms with Crippen LogP contribution in [0.15, 0.2) is 29.2 Å². The first-order chi connectivity index (χ1) is 9.42. The smallest absolute Gasteiger partial charge is 0.240 e. The zero-order valence-electron chi connectivity index (χ0n) is 11.2. The normalized spacial score (nSPS) is 22.9. The van der Waals surface area contributed by atoms with Gasteiger partial charge in [0.1, 0.15) is 4.99 Å². The standard InChI is InChI=1S/C13H18N2O2S3/c1-19-11-5-4-10(8-11)15-20(16,17)12-6-2-9(3-7-12)13(14)18/h2-3,6-7,10-11,15H,4-5,8H2,1H3,(H2,14,18). The van der Waals surface area contributed by atoms with E-state index in [1.807, 2.05) is 0 Å². The van der Waals surface area contributed by atoms with Crippen LogP contribution in [0.2, 0.25) is 0 Å². The molecule has 1 aliphatic rings. The van der Waals surface area contributed by atoms with Crippen LogP contribution in [0.3, 0.4) is 0 Å². The number of nitrogens with two attached hydrogens (primary N) is 1. The molecule has 2 rings (SSSR count). The Balaban J connectivity index is 2.08. The Morgan fingerprint density at radius 2 is 2.00 bits per heavy atom. The Morgan fingerprint density at radius 1 is 1.35 bits per heavy atom. The Kier molecular flexibility index (Phi) is 5.06. The molecule has 0 aliphatic heterocycles. The topological polar surface area (TPSA) is 72.2 Å². The van der Waals surface area contributed by atoms with Crippen LogP contribution in [0, 0.1) is 0 Å². The zero-order chi connectivity index (χ0) is 14.8. The van der Waals surface area contributed by atoms with E-state index in [0.717, 1.165) is 19.3 Å². The summed E-state index contributed by atoms with van der Waals surface area (Å²) < 4.78 is 27.3. The number of sulfonamides is 1. The van der Waals surface area contributed by atoms with Crippen LogP contribution in [-0.4, -0.2) is 31.0 Å². The second kappa shape index (κ2) is 6.43. The number of hydrogen-bond acceptors (Lipinski definition) is 4. The van der Waals surface area contributed by atoms with Crippen molar-refractivity contribution in [3.63, 3.8) is 0 Å². The average molecular weight is 331 g/mol. The Morgan fingerprint density at radius 3 is 2.50 bits per heavy atom. The summed E-state index contributed by atoms with van der Waals surface area (Å²) in [5.41, 5.74) is 6.17. The Bertz CT molecular complexity index is 584. The van der Waals surface area contributed by atoms with E-state index in [4.69, 9.17) is 18.0 Å². The van der Waals surface area contributed by atoms with E-state index in [-0.39, 0.29) is 15.9 Å². The summed E-state index contributed by atoms with van der Waals surface area (Å²) in [6, 6.07) is 6.38. The highest BCUT2D eigenvalue weighted by Crippen LogP contribution is 2.29. The van der Waals surface area contributed by atoms with Gasteiger partial charge in [0.05, 0.1) is 4.90 Å². The van der Waals surface area contributed by atoms with Gasteiger partial charge in [0.2, 0.25) is 10.0 Å². The van der Waals surface area contributed by atoms with Crippen LogP contribution in [0.1, 0.15) is 24.8 Å². The van der Waals surface area contributed by atoms with Crippen molar-refractivity contribution in [3.05, 3.63) is 29.8 Å². The fourth-order valence-corrected chi connectivity index (χ4v) is 4.56. The van der Waals surface area contributed by atoms with E-state index in [1.54, 1.807) is 23.9 Å². The maximum absolute atomic E-state index is 12.3. The van der Waals surface area contributed by atoms with Crippen molar-refractivity contribution in [2.75, 3.05) is 6.26 Å². The number of benzene rings is 1. The summed E-state index contributed by atoms with van der Waals surface area (Å²) in [5, 5.41) is 0.555. The highest BCUT2D eigenvalue weighted by atomic mass is 32.2. The lowest BCUT2D eigenvalue weighted by atomic mass is 10.2. The van der Waals surface area contributed by atoms with Crippen LogP contribution in [0.25, 0.3) is 0 Å². The predicted molar refractivity (Wildman–Crippen MR) is 87.6 cm³/mol. The minimum Gasteiger partial charge on any atom is -0.389 e. The van der Waals surface area contributed by atoms with Crippen molar-refractivity contribution >= 4 is 39.0 Å². The highest BCUT2D eigenvalue weighted by molar-refractivity contribution is 7.99. The van der Waals surface area contributed by atoms with Gasteiger partial charge in [-0.3, -0.25) is 0 Å². The molecule has 7 heteroatoms. The summed E-state index contributed by atoms with van der Waals surface area (Å²) in [4.78, 5) is 0.519. The van der Waals surface area contributed by atoms with Gasteiger partial charge in [-0.1, -0.05) is 24.4 Å². The Labute approximate surface area is 129 Å². The van der Waals surface area contributed by atoms with Gasteiger partial charge >= 0.3 is 0 Å². The molecule has 0 spiro atoms. The largest absolute Gasteiger partial charge is 0.389 e. The maximum Gasteiger partial charge on any atom is 0.240 e. The first-order valence-corrected chi connectivity index (χ1v) is 9.55. The number of thiocarbonyl (C=S) groups is 1. The monoisotopic (exact) mass is 330 g/mol. The van der Waals surface area contributed by atoms with Gasteiger partial charge in [0.25, 0.3) is 0 Å². The minimum absolute atomic E-state index is 0.0349. The molecule has 4 nitrogen and oxygen atoms in total. The number of nitrogens with one attached hydrogen (secondary N) is 1. The van der Waals surface area contributed by atoms with Crippen LogP contribution in [0.4, 0.5) is 0 Å². The SMILES string of the molecule is CSC1CCC(NS(=O)(=O)c2ccc(C(N)=S)cc2)C1. The lowest BCUT2D eigenvalue weighted by Crippen LogP contribution is -2.33. The molecule has 2 unspecified atom stereocenters. The summed E-state index contributed by atoms with van der Waals surface area (Å²) >= 11 is 6.65. The van der Waals surface area contributed by atoms with Crippen molar-refractivity contribution in [3.8, 4) is 0 Å². The molecule has 20 heavy (non-hydrogen) atoms. The Hall–Kier alpha value is -0.630. The van der Waals surface area contributed by atoms with Gasteiger partial charge in [-0.15, -0.1) is 0 Å². The molecule has 0 heterocycles. The van der Waals surface area contributed by atoms with Crippen LogP contribution in [0.5, 0.6) is 0 Å². The van der Waals surface area contributed by atoms with Gasteiger partial charge in [0.15, 0.2) is 0 Å². The molecule has 1 saturated carbocycles.